The lowest BCUT2D eigenvalue weighted by molar-refractivity contribution is -0.122. The summed E-state index contributed by atoms with van der Waals surface area (Å²) in [5, 5.41) is 8.99. The number of carbonyl (C=O) groups is 4. The maximum absolute atomic E-state index is 13.5. The molecule has 1 unspecified atom stereocenters. The lowest BCUT2D eigenvalue weighted by Crippen LogP contribution is -2.46. The third-order valence-corrected chi connectivity index (χ3v) is 6.98. The van der Waals surface area contributed by atoms with E-state index >= 15 is 0 Å². The van der Waals surface area contributed by atoms with Gasteiger partial charge in [-0.1, -0.05) is 43.1 Å². The number of thiophene rings is 1. The summed E-state index contributed by atoms with van der Waals surface area (Å²) in [4.78, 5) is 51.5. The van der Waals surface area contributed by atoms with Crippen molar-refractivity contribution < 1.29 is 19.2 Å². The van der Waals surface area contributed by atoms with E-state index in [-0.39, 0.29) is 34.5 Å². The van der Waals surface area contributed by atoms with E-state index in [0.717, 1.165) is 4.88 Å². The van der Waals surface area contributed by atoms with Crippen LogP contribution >= 0.6 is 34.5 Å². The summed E-state index contributed by atoms with van der Waals surface area (Å²) in [5.74, 6) is -1.13. The third-order valence-electron chi connectivity index (χ3n) is 4.81. The molecule has 2 aromatic rings. The van der Waals surface area contributed by atoms with Gasteiger partial charge in [-0.2, -0.15) is 0 Å². The average Bonchev–Trinajstić information content (AvgIpc) is 3.19. The molecule has 5 N–H and O–H groups in total. The average molecular weight is 528 g/mol. The molecule has 0 aliphatic carbocycles. The number of nitrogens with one attached hydrogen (secondary N) is 3. The van der Waals surface area contributed by atoms with Gasteiger partial charge in [-0.25, -0.2) is 4.79 Å². The van der Waals surface area contributed by atoms with Crippen LogP contribution in [0.1, 0.15) is 41.4 Å². The summed E-state index contributed by atoms with van der Waals surface area (Å²) in [6.07, 6.45) is 0.214. The van der Waals surface area contributed by atoms with E-state index in [4.69, 9.17) is 28.9 Å². The van der Waals surface area contributed by atoms with Gasteiger partial charge in [0.05, 0.1) is 33.8 Å². The Kier molecular flexibility index (Phi) is 10.3. The van der Waals surface area contributed by atoms with E-state index in [1.165, 1.54) is 16.2 Å². The molecule has 0 saturated carbocycles. The van der Waals surface area contributed by atoms with E-state index in [1.54, 1.807) is 31.3 Å². The number of urea groups is 1. The molecule has 1 atom stereocenters. The van der Waals surface area contributed by atoms with Gasteiger partial charge < -0.3 is 26.1 Å². The second kappa shape index (κ2) is 12.7. The van der Waals surface area contributed by atoms with E-state index in [2.05, 4.69) is 16.0 Å². The van der Waals surface area contributed by atoms with Gasteiger partial charge in [-0.15, -0.1) is 11.3 Å². The van der Waals surface area contributed by atoms with Crippen LogP contribution in [0.2, 0.25) is 10.0 Å². The van der Waals surface area contributed by atoms with Crippen molar-refractivity contribution in [3.05, 3.63) is 44.8 Å². The van der Waals surface area contributed by atoms with Crippen molar-refractivity contribution in [3.63, 3.8) is 0 Å². The van der Waals surface area contributed by atoms with Gasteiger partial charge in [-0.05, 0) is 31.2 Å². The normalized spacial score (nSPS) is 11.7. The number of aldehydes is 1. The number of amides is 4. The van der Waals surface area contributed by atoms with Crippen molar-refractivity contribution in [2.45, 2.75) is 32.2 Å². The molecule has 4 amide bonds. The van der Waals surface area contributed by atoms with Crippen LogP contribution in [-0.4, -0.2) is 55.2 Å². The number of nitrogens with two attached hydrogens (primary N) is 1. The molecule has 0 saturated heterocycles. The topological polar surface area (TPSA) is 134 Å². The van der Waals surface area contributed by atoms with Crippen LogP contribution in [0.5, 0.6) is 0 Å². The second-order valence-corrected chi connectivity index (χ2v) is 9.57. The quantitative estimate of drug-likeness (QED) is 0.328. The Labute approximate surface area is 212 Å². The van der Waals surface area contributed by atoms with Crippen molar-refractivity contribution >= 4 is 69.4 Å². The molecule has 0 bridgehead atoms. The number of carbonyl (C=O) groups excluding carboxylic acids is 4. The highest BCUT2D eigenvalue weighted by molar-refractivity contribution is 7.16. The number of nitrogens with zero attached hydrogens (tertiary/aromatic N) is 1. The lowest BCUT2D eigenvalue weighted by atomic mass is 10.1. The molecule has 0 aliphatic rings. The van der Waals surface area contributed by atoms with Crippen molar-refractivity contribution in [2.24, 2.45) is 5.73 Å². The molecule has 9 nitrogen and oxygen atoms in total. The van der Waals surface area contributed by atoms with Gasteiger partial charge in [0.15, 0.2) is 0 Å². The zero-order valence-electron chi connectivity index (χ0n) is 19.0. The van der Waals surface area contributed by atoms with Crippen LogP contribution in [0.3, 0.4) is 0 Å². The molecular formula is C22H27Cl2N5O4S. The molecule has 1 aromatic carbocycles. The molecule has 184 valence electrons. The Morgan fingerprint density at radius 2 is 1.91 bits per heavy atom. The molecule has 34 heavy (non-hydrogen) atoms. The molecule has 1 aromatic heterocycles. The number of hydrogen-bond acceptors (Lipinski definition) is 6. The molecule has 1 heterocycles. The molecule has 0 radical (unpaired) electrons. The van der Waals surface area contributed by atoms with Gasteiger partial charge in [0.25, 0.3) is 5.91 Å². The first-order chi connectivity index (χ1) is 16.1. The standard InChI is InChI=1S/C22H27Cl2N5O4S/c1-12(2)17-10-14(21(32)29(8-7-26-3)13(11-30)9-18(25)31)20(34-17)28-22(33)27-16-6-4-5-15(23)19(16)24/h4-6,10-13,26H,7-9H2,1-3H3,(H2,25,31)(H2,27,28,33). The summed E-state index contributed by atoms with van der Waals surface area (Å²) in [7, 11) is 1.70. The third kappa shape index (κ3) is 7.17. The molecule has 0 fully saturated rings. The summed E-state index contributed by atoms with van der Waals surface area (Å²) >= 11 is 13.4. The SMILES string of the molecule is CNCCN(C(=O)c1cc(C(C)C)sc1NC(=O)Nc1cccc(Cl)c1Cl)C(C=O)CC(N)=O. The Bertz CT molecular complexity index is 1060. The molecule has 12 heteroatoms. The highest BCUT2D eigenvalue weighted by Gasteiger charge is 2.29. The number of anilines is 2. The Hall–Kier alpha value is -2.66. The number of hydrogen-bond donors (Lipinski definition) is 4. The predicted molar refractivity (Wildman–Crippen MR) is 136 cm³/mol. The Balaban J connectivity index is 2.38. The fourth-order valence-corrected chi connectivity index (χ4v) is 4.44. The predicted octanol–water partition coefficient (Wildman–Crippen LogP) is 3.93. The first kappa shape index (κ1) is 27.6. The smallest absolute Gasteiger partial charge is 0.324 e. The largest absolute Gasteiger partial charge is 0.370 e. The highest BCUT2D eigenvalue weighted by Crippen LogP contribution is 2.35. The minimum absolute atomic E-state index is 0.0794. The number of likely N-dealkylation sites (N-methyl/N-ethyl adjacent to an activating group) is 1. The van der Waals surface area contributed by atoms with E-state index in [9.17, 15) is 19.2 Å². The highest BCUT2D eigenvalue weighted by atomic mass is 35.5. The second-order valence-electron chi connectivity index (χ2n) is 7.70. The summed E-state index contributed by atoms with van der Waals surface area (Å²) < 4.78 is 0. The summed E-state index contributed by atoms with van der Waals surface area (Å²) in [5.41, 5.74) is 5.78. The van der Waals surface area contributed by atoms with Crippen LogP contribution in [0.4, 0.5) is 15.5 Å². The van der Waals surface area contributed by atoms with Crippen molar-refractivity contribution in [2.75, 3.05) is 30.8 Å². The summed E-state index contributed by atoms with van der Waals surface area (Å²) in [6, 6.07) is 4.84. The first-order valence-corrected chi connectivity index (χ1v) is 12.0. The van der Waals surface area contributed by atoms with Crippen molar-refractivity contribution in [1.29, 1.82) is 0 Å². The van der Waals surface area contributed by atoms with Crippen LogP contribution in [0.25, 0.3) is 0 Å². The van der Waals surface area contributed by atoms with Gasteiger partial charge in [0.2, 0.25) is 5.91 Å². The van der Waals surface area contributed by atoms with Crippen LogP contribution in [-0.2, 0) is 9.59 Å². The van der Waals surface area contributed by atoms with Gasteiger partial charge >= 0.3 is 6.03 Å². The minimum Gasteiger partial charge on any atom is -0.370 e. The minimum atomic E-state index is -1.03. The van der Waals surface area contributed by atoms with Crippen LogP contribution in [0.15, 0.2) is 24.3 Å². The zero-order valence-corrected chi connectivity index (χ0v) is 21.3. The van der Waals surface area contributed by atoms with Gasteiger partial charge in [0, 0.05) is 18.0 Å². The molecule has 2 rings (SSSR count). The maximum atomic E-state index is 13.5. The fourth-order valence-electron chi connectivity index (χ4n) is 3.05. The zero-order chi connectivity index (χ0) is 25.4. The van der Waals surface area contributed by atoms with Crippen molar-refractivity contribution in [3.8, 4) is 0 Å². The molecule has 0 aliphatic heterocycles. The number of halogens is 2. The number of benzene rings is 1. The van der Waals surface area contributed by atoms with E-state index in [1.807, 2.05) is 13.8 Å². The number of rotatable bonds is 11. The summed E-state index contributed by atoms with van der Waals surface area (Å²) in [6.45, 7) is 4.45. The van der Waals surface area contributed by atoms with E-state index in [0.29, 0.717) is 23.5 Å². The Morgan fingerprint density at radius 1 is 1.21 bits per heavy atom. The number of primary amides is 1. The van der Waals surface area contributed by atoms with E-state index < -0.39 is 23.9 Å². The van der Waals surface area contributed by atoms with Gasteiger partial charge in [-0.3, -0.25) is 14.9 Å². The molecule has 0 spiro atoms. The monoisotopic (exact) mass is 527 g/mol. The fraction of sp³-hybridized carbons (Fsp3) is 0.364. The maximum Gasteiger partial charge on any atom is 0.324 e. The van der Waals surface area contributed by atoms with Crippen molar-refractivity contribution in [1.82, 2.24) is 10.2 Å². The first-order valence-electron chi connectivity index (χ1n) is 10.4. The van der Waals surface area contributed by atoms with Crippen LogP contribution < -0.4 is 21.7 Å². The van der Waals surface area contributed by atoms with Gasteiger partial charge in [0.1, 0.15) is 11.3 Å². The lowest BCUT2D eigenvalue weighted by Gasteiger charge is -2.27. The molecular weight excluding hydrogens is 501 g/mol. The van der Waals surface area contributed by atoms with Crippen LogP contribution in [0, 0.1) is 0 Å². The Morgan fingerprint density at radius 3 is 2.50 bits per heavy atom.